The van der Waals surface area contributed by atoms with Crippen molar-refractivity contribution in [2.75, 3.05) is 18.4 Å². The number of hydrogen-bond donors (Lipinski definition) is 2. The number of fused-ring (bicyclic) bond motifs is 2. The number of halogens is 1. The minimum absolute atomic E-state index is 0. The van der Waals surface area contributed by atoms with Crippen molar-refractivity contribution in [2.24, 2.45) is 0 Å². The predicted octanol–water partition coefficient (Wildman–Crippen LogP) is 0.977. The molecule has 1 aromatic carbocycles. The van der Waals surface area contributed by atoms with Crippen molar-refractivity contribution in [3.63, 3.8) is 0 Å². The highest BCUT2D eigenvalue weighted by atomic mass is 35.5. The first kappa shape index (κ1) is 14.2. The Morgan fingerprint density at radius 2 is 2.19 bits per heavy atom. The number of aromatic amines is 1. The van der Waals surface area contributed by atoms with Gasteiger partial charge in [-0.05, 0) is 17.5 Å². The van der Waals surface area contributed by atoms with E-state index in [4.69, 9.17) is 0 Å². The zero-order valence-electron chi connectivity index (χ0n) is 11.6. The maximum absolute atomic E-state index is 11.5. The molecule has 1 aromatic heterocycles. The highest BCUT2D eigenvalue weighted by Gasteiger charge is 2.21. The van der Waals surface area contributed by atoms with Gasteiger partial charge in [-0.3, -0.25) is 9.47 Å². The maximum atomic E-state index is 11.5. The lowest BCUT2D eigenvalue weighted by atomic mass is 10.1. The van der Waals surface area contributed by atoms with E-state index in [1.54, 1.807) is 4.57 Å². The molecular formula is C14H18ClN5O. The van der Waals surface area contributed by atoms with Crippen LogP contribution in [0.15, 0.2) is 23.0 Å². The zero-order chi connectivity index (χ0) is 13.5. The molecule has 3 heterocycles. The molecule has 6 nitrogen and oxygen atoms in total. The molecule has 2 aliphatic heterocycles. The lowest BCUT2D eigenvalue weighted by Gasteiger charge is -2.27. The molecule has 0 aliphatic carbocycles. The quantitative estimate of drug-likeness (QED) is 0.868. The van der Waals surface area contributed by atoms with Crippen molar-refractivity contribution in [2.45, 2.75) is 26.1 Å². The summed E-state index contributed by atoms with van der Waals surface area (Å²) in [5.41, 5.74) is 3.96. The number of anilines is 1. The number of hydrogen-bond acceptors (Lipinski definition) is 4. The lowest BCUT2D eigenvalue weighted by molar-refractivity contribution is 0.207. The van der Waals surface area contributed by atoms with Gasteiger partial charge in [-0.25, -0.2) is 9.89 Å². The van der Waals surface area contributed by atoms with Crippen LogP contribution in [0.1, 0.15) is 17.0 Å². The van der Waals surface area contributed by atoms with Gasteiger partial charge >= 0.3 is 5.69 Å². The number of rotatable bonds is 2. The Morgan fingerprint density at radius 1 is 1.29 bits per heavy atom. The van der Waals surface area contributed by atoms with Gasteiger partial charge in [0.1, 0.15) is 5.82 Å². The summed E-state index contributed by atoms with van der Waals surface area (Å²) in [5, 5.41) is 10.1. The zero-order valence-corrected chi connectivity index (χ0v) is 12.4. The molecule has 0 amide bonds. The molecule has 0 bridgehead atoms. The van der Waals surface area contributed by atoms with Crippen LogP contribution in [0.25, 0.3) is 0 Å². The topological polar surface area (TPSA) is 66.0 Å². The van der Waals surface area contributed by atoms with Crippen LogP contribution in [-0.2, 0) is 26.1 Å². The van der Waals surface area contributed by atoms with Crippen LogP contribution < -0.4 is 11.0 Å². The molecule has 7 heteroatoms. The summed E-state index contributed by atoms with van der Waals surface area (Å²) in [6.07, 6.45) is 1.11. The Morgan fingerprint density at radius 3 is 3.10 bits per heavy atom. The van der Waals surface area contributed by atoms with E-state index in [9.17, 15) is 4.79 Å². The van der Waals surface area contributed by atoms with Crippen LogP contribution >= 0.6 is 12.4 Å². The Balaban J connectivity index is 0.00000132. The minimum atomic E-state index is -0.0954. The Labute approximate surface area is 128 Å². The molecule has 2 aromatic rings. The average Bonchev–Trinajstić information content (AvgIpc) is 3.07. The first-order valence-electron chi connectivity index (χ1n) is 7.02. The number of nitrogens with zero attached hydrogens (tertiary/aromatic N) is 3. The summed E-state index contributed by atoms with van der Waals surface area (Å²) in [7, 11) is 0. The van der Waals surface area contributed by atoms with E-state index >= 15 is 0 Å². The summed E-state index contributed by atoms with van der Waals surface area (Å²) in [6.45, 7) is 4.26. The molecule has 4 rings (SSSR count). The van der Waals surface area contributed by atoms with Gasteiger partial charge in [-0.15, -0.1) is 12.4 Å². The molecule has 0 fully saturated rings. The summed E-state index contributed by atoms with van der Waals surface area (Å²) in [6, 6.07) is 6.51. The van der Waals surface area contributed by atoms with E-state index in [2.05, 4.69) is 38.6 Å². The van der Waals surface area contributed by atoms with Gasteiger partial charge in [0.15, 0.2) is 0 Å². The predicted molar refractivity (Wildman–Crippen MR) is 82.8 cm³/mol. The molecule has 0 unspecified atom stereocenters. The normalized spacial score (nSPS) is 16.8. The van der Waals surface area contributed by atoms with Crippen LogP contribution in [0, 0.1) is 0 Å². The second kappa shape index (κ2) is 5.54. The van der Waals surface area contributed by atoms with Crippen molar-refractivity contribution >= 4 is 18.1 Å². The van der Waals surface area contributed by atoms with E-state index in [0.717, 1.165) is 38.4 Å². The van der Waals surface area contributed by atoms with Gasteiger partial charge in [0.2, 0.25) is 0 Å². The molecule has 0 saturated carbocycles. The fourth-order valence-electron chi connectivity index (χ4n) is 3.14. The molecule has 0 saturated heterocycles. The second-order valence-corrected chi connectivity index (χ2v) is 5.44. The molecule has 2 aliphatic rings. The molecule has 2 N–H and O–H groups in total. The molecule has 0 spiro atoms. The summed E-state index contributed by atoms with van der Waals surface area (Å²) in [4.78, 5) is 13.8. The highest BCUT2D eigenvalue weighted by molar-refractivity contribution is 5.85. The fourth-order valence-corrected chi connectivity index (χ4v) is 3.14. The number of nitrogens with one attached hydrogen (secondary N) is 2. The van der Waals surface area contributed by atoms with Crippen molar-refractivity contribution in [3.8, 4) is 0 Å². The van der Waals surface area contributed by atoms with Gasteiger partial charge < -0.3 is 5.32 Å². The lowest BCUT2D eigenvalue weighted by Crippen LogP contribution is -2.36. The number of benzene rings is 1. The van der Waals surface area contributed by atoms with Crippen LogP contribution in [0.2, 0.25) is 0 Å². The Hall–Kier alpha value is -1.79. The first-order chi connectivity index (χ1) is 9.81. The summed E-state index contributed by atoms with van der Waals surface area (Å²) < 4.78 is 1.73. The summed E-state index contributed by atoms with van der Waals surface area (Å²) in [5.74, 6) is 0.835. The van der Waals surface area contributed by atoms with Crippen LogP contribution in [-0.4, -0.2) is 32.8 Å². The van der Waals surface area contributed by atoms with Gasteiger partial charge in [-0.2, -0.15) is 5.10 Å². The first-order valence-corrected chi connectivity index (χ1v) is 7.02. The standard InChI is InChI=1S/C14H17N5O.ClH/c20-14-17-16-12-9-18(6-7-19(12)14)8-11-3-1-2-10-4-5-15-13(10)11;/h1-3,15H,4-9H2,(H,17,20);1H. The molecule has 21 heavy (non-hydrogen) atoms. The molecule has 112 valence electrons. The smallest absolute Gasteiger partial charge is 0.343 e. The minimum Gasteiger partial charge on any atom is -0.384 e. The van der Waals surface area contributed by atoms with Gasteiger partial charge in [-0.1, -0.05) is 18.2 Å². The van der Waals surface area contributed by atoms with E-state index in [-0.39, 0.29) is 18.1 Å². The maximum Gasteiger partial charge on any atom is 0.343 e. The summed E-state index contributed by atoms with van der Waals surface area (Å²) >= 11 is 0. The third-order valence-electron chi connectivity index (χ3n) is 4.17. The van der Waals surface area contributed by atoms with E-state index < -0.39 is 0 Å². The van der Waals surface area contributed by atoms with Crippen molar-refractivity contribution in [3.05, 3.63) is 45.6 Å². The van der Waals surface area contributed by atoms with E-state index in [1.165, 1.54) is 16.8 Å². The highest BCUT2D eigenvalue weighted by Crippen LogP contribution is 2.27. The van der Waals surface area contributed by atoms with Gasteiger partial charge in [0, 0.05) is 31.9 Å². The van der Waals surface area contributed by atoms with Crippen LogP contribution in [0.3, 0.4) is 0 Å². The van der Waals surface area contributed by atoms with Crippen LogP contribution in [0.5, 0.6) is 0 Å². The number of H-pyrrole nitrogens is 1. The number of para-hydroxylation sites is 1. The third-order valence-corrected chi connectivity index (χ3v) is 4.17. The number of aromatic nitrogens is 3. The SMILES string of the molecule is Cl.O=c1[nH]nc2n1CCN(Cc1cccc3c1NCC3)C2. The second-order valence-electron chi connectivity index (χ2n) is 5.44. The van der Waals surface area contributed by atoms with E-state index in [1.807, 2.05) is 0 Å². The molecule has 0 radical (unpaired) electrons. The van der Waals surface area contributed by atoms with Gasteiger partial charge in [0.25, 0.3) is 0 Å². The largest absolute Gasteiger partial charge is 0.384 e. The average molecular weight is 308 g/mol. The van der Waals surface area contributed by atoms with E-state index in [0.29, 0.717) is 6.54 Å². The van der Waals surface area contributed by atoms with Crippen molar-refractivity contribution in [1.29, 1.82) is 0 Å². The third kappa shape index (κ3) is 2.45. The molecule has 0 atom stereocenters. The molecular weight excluding hydrogens is 290 g/mol. The van der Waals surface area contributed by atoms with Crippen LogP contribution in [0.4, 0.5) is 5.69 Å². The Kier molecular flexibility index (Phi) is 3.73. The Bertz CT molecular complexity index is 708. The van der Waals surface area contributed by atoms with Gasteiger partial charge in [0.05, 0.1) is 6.54 Å². The van der Waals surface area contributed by atoms with Crippen molar-refractivity contribution < 1.29 is 0 Å². The van der Waals surface area contributed by atoms with Crippen molar-refractivity contribution in [1.82, 2.24) is 19.7 Å². The monoisotopic (exact) mass is 307 g/mol. The fraction of sp³-hybridized carbons (Fsp3) is 0.429.